The smallest absolute Gasteiger partial charge is 1.00 e. The Morgan fingerprint density at radius 2 is 1.09 bits per heavy atom. The van der Waals surface area contributed by atoms with Gasteiger partial charge in [0.15, 0.2) is 0 Å². The normalized spacial score (nSPS) is 12.5. The molecule has 4 aromatic rings. The first-order valence-electron chi connectivity index (χ1n) is 10.4. The second-order valence-electron chi connectivity index (χ2n) is 8.01. The van der Waals surface area contributed by atoms with Crippen LogP contribution in [-0.2, 0) is 39.0 Å². The molecule has 0 atom stereocenters. The quantitative estimate of drug-likeness (QED) is 0.325. The monoisotopic (exact) mass is 549 g/mol. The maximum Gasteiger partial charge on any atom is 3.00 e. The summed E-state index contributed by atoms with van der Waals surface area (Å²) in [6.07, 6.45) is 10.8. The fraction of sp³-hybridized carbons (Fsp3) is 0.107. The molecule has 0 N–H and O–H groups in total. The number of benzene rings is 2. The van der Waals surface area contributed by atoms with Crippen LogP contribution in [0, 0.1) is 6.92 Å². The molecule has 33 heavy (non-hydrogen) atoms. The molecule has 2 aliphatic rings. The van der Waals surface area contributed by atoms with Gasteiger partial charge in [0.2, 0.25) is 0 Å². The summed E-state index contributed by atoms with van der Waals surface area (Å²) in [4.78, 5) is 0. The predicted octanol–water partition coefficient (Wildman–Crippen LogP) is 0.693. The van der Waals surface area contributed by atoms with Gasteiger partial charge < -0.3 is 33.9 Å². The fourth-order valence-electron chi connectivity index (χ4n) is 4.29. The molecule has 2 heterocycles. The van der Waals surface area contributed by atoms with Crippen molar-refractivity contribution in [2.75, 3.05) is 0 Å². The average molecular weight is 552 g/mol. The summed E-state index contributed by atoms with van der Waals surface area (Å²) < 4.78 is 4.47. The van der Waals surface area contributed by atoms with Crippen LogP contribution in [0.1, 0.15) is 29.4 Å². The van der Waals surface area contributed by atoms with Gasteiger partial charge >= 0.3 is 26.2 Å². The Labute approximate surface area is 228 Å². The second kappa shape index (κ2) is 11.8. The minimum atomic E-state index is 0. The van der Waals surface area contributed by atoms with E-state index in [2.05, 4.69) is 108 Å². The molecule has 0 saturated carbocycles. The zero-order valence-electron chi connectivity index (χ0n) is 18.5. The van der Waals surface area contributed by atoms with Crippen molar-refractivity contribution in [1.82, 2.24) is 9.13 Å². The molecular formula is C28H25Cl2N2Zr. The zero-order valence-corrected chi connectivity index (χ0v) is 22.5. The first-order valence-corrected chi connectivity index (χ1v) is 10.4. The molecule has 2 aromatic carbocycles. The van der Waals surface area contributed by atoms with Crippen LogP contribution in [0.25, 0.3) is 23.5 Å². The Morgan fingerprint density at radius 1 is 0.636 bits per heavy atom. The summed E-state index contributed by atoms with van der Waals surface area (Å²) in [6.45, 7) is 6.20. The molecular weight excluding hydrogens is 526 g/mol. The average Bonchev–Trinajstić information content (AvgIpc) is 3.50. The van der Waals surface area contributed by atoms with Crippen LogP contribution in [-0.4, -0.2) is 9.13 Å². The molecule has 0 spiro atoms. The first kappa shape index (κ1) is 27.1. The number of fused-ring (bicyclic) bond motifs is 2. The maximum atomic E-state index is 4.01. The van der Waals surface area contributed by atoms with Crippen molar-refractivity contribution in [2.45, 2.75) is 19.8 Å². The third-order valence-electron chi connectivity index (χ3n) is 5.71. The van der Waals surface area contributed by atoms with E-state index in [9.17, 15) is 0 Å². The van der Waals surface area contributed by atoms with Crippen molar-refractivity contribution in [3.8, 4) is 11.4 Å². The molecule has 2 nitrogen and oxygen atoms in total. The van der Waals surface area contributed by atoms with E-state index in [-0.39, 0.29) is 51.0 Å². The molecule has 0 fully saturated rings. The molecule has 2 aliphatic carbocycles. The van der Waals surface area contributed by atoms with Gasteiger partial charge in [0.25, 0.3) is 0 Å². The van der Waals surface area contributed by atoms with Crippen LogP contribution in [0.5, 0.6) is 0 Å². The van der Waals surface area contributed by atoms with Crippen LogP contribution in [0.15, 0.2) is 96.3 Å². The molecule has 5 heteroatoms. The second-order valence-corrected chi connectivity index (χ2v) is 8.01. The van der Waals surface area contributed by atoms with Gasteiger partial charge in [0, 0.05) is 29.5 Å². The maximum absolute atomic E-state index is 4.01. The standard InChI is InChI=1S/C14H13N.C14H12N.2ClH.Zr/c2*1-11-9-12-7-8-15(14(12)10-11)13-5-3-2-4-6-13;;;/h2-8,10H,9H2,1H3;2-8,10H,1,9H2;2*1H;/q;-1;;;+3/p-2. The van der Waals surface area contributed by atoms with Gasteiger partial charge in [-0.25, -0.2) is 12.5 Å². The van der Waals surface area contributed by atoms with Crippen molar-refractivity contribution < 1.29 is 51.0 Å². The van der Waals surface area contributed by atoms with Crippen LogP contribution < -0.4 is 24.8 Å². The van der Waals surface area contributed by atoms with Crippen molar-refractivity contribution in [1.29, 1.82) is 0 Å². The Kier molecular flexibility index (Phi) is 9.67. The molecule has 0 unspecified atom stereocenters. The number of nitrogens with zero attached hydrogens (tertiary/aromatic N) is 2. The summed E-state index contributed by atoms with van der Waals surface area (Å²) in [5.41, 5.74) is 10.6. The van der Waals surface area contributed by atoms with E-state index >= 15 is 0 Å². The number of hydrogen-bond donors (Lipinski definition) is 0. The SMILES string of the molecule is CC1=Cc2c(ccn2-c2ccccc2)C1.[CH2-]C1=Cc2c(ccn2-c2ccccc2)C1.[Cl-].[Cl-].[Zr+3]. The number of halogens is 2. The van der Waals surface area contributed by atoms with Crippen LogP contribution in [0.4, 0.5) is 0 Å². The van der Waals surface area contributed by atoms with Crippen LogP contribution in [0.3, 0.4) is 0 Å². The summed E-state index contributed by atoms with van der Waals surface area (Å²) >= 11 is 0. The summed E-state index contributed by atoms with van der Waals surface area (Å²) in [5.74, 6) is 0. The van der Waals surface area contributed by atoms with Crippen LogP contribution >= 0.6 is 0 Å². The van der Waals surface area contributed by atoms with Crippen molar-refractivity contribution in [3.63, 3.8) is 0 Å². The van der Waals surface area contributed by atoms with Gasteiger partial charge in [-0.2, -0.15) is 6.08 Å². The third kappa shape index (κ3) is 5.66. The van der Waals surface area contributed by atoms with E-state index in [1.54, 1.807) is 0 Å². The van der Waals surface area contributed by atoms with E-state index in [1.807, 2.05) is 12.1 Å². The van der Waals surface area contributed by atoms with Gasteiger partial charge in [-0.15, -0.1) is 0 Å². The largest absolute Gasteiger partial charge is 3.00 e. The van der Waals surface area contributed by atoms with E-state index < -0.39 is 0 Å². The van der Waals surface area contributed by atoms with Crippen LogP contribution in [0.2, 0.25) is 0 Å². The van der Waals surface area contributed by atoms with E-state index in [0.29, 0.717) is 0 Å². The molecule has 0 aliphatic heterocycles. The minimum absolute atomic E-state index is 0. The molecule has 0 saturated heterocycles. The van der Waals surface area contributed by atoms with Gasteiger partial charge in [-0.3, -0.25) is 0 Å². The molecule has 6 rings (SSSR count). The topological polar surface area (TPSA) is 9.86 Å². The third-order valence-corrected chi connectivity index (χ3v) is 5.71. The number of hydrogen-bond acceptors (Lipinski definition) is 0. The summed E-state index contributed by atoms with van der Waals surface area (Å²) in [5, 5.41) is 0. The van der Waals surface area contributed by atoms with Gasteiger partial charge in [-0.05, 0) is 79.1 Å². The number of aromatic nitrogens is 2. The zero-order chi connectivity index (χ0) is 20.5. The van der Waals surface area contributed by atoms with Gasteiger partial charge in [-0.1, -0.05) is 42.0 Å². The first-order chi connectivity index (χ1) is 14.7. The van der Waals surface area contributed by atoms with Gasteiger partial charge in [0.1, 0.15) is 0 Å². The molecule has 0 bridgehead atoms. The molecule has 2 aromatic heterocycles. The fourth-order valence-corrected chi connectivity index (χ4v) is 4.29. The minimum Gasteiger partial charge on any atom is -1.00 e. The van der Waals surface area contributed by atoms with E-state index in [0.717, 1.165) is 12.8 Å². The summed E-state index contributed by atoms with van der Waals surface area (Å²) in [6, 6.07) is 25.3. The molecule has 165 valence electrons. The molecule has 0 amide bonds. The Morgan fingerprint density at radius 3 is 1.61 bits per heavy atom. The van der Waals surface area contributed by atoms with Gasteiger partial charge in [0.05, 0.1) is 0 Å². The predicted molar refractivity (Wildman–Crippen MR) is 126 cm³/mol. The molecule has 1 radical (unpaired) electrons. The Hall–Kier alpha value is -2.19. The summed E-state index contributed by atoms with van der Waals surface area (Å²) in [7, 11) is 0. The van der Waals surface area contributed by atoms with E-state index in [1.165, 1.54) is 45.0 Å². The number of para-hydroxylation sites is 2. The van der Waals surface area contributed by atoms with E-state index in [4.69, 9.17) is 0 Å². The van der Waals surface area contributed by atoms with Crippen molar-refractivity contribution in [3.05, 3.63) is 126 Å². The Bertz CT molecular complexity index is 1150. The number of rotatable bonds is 2. The van der Waals surface area contributed by atoms with Crippen molar-refractivity contribution >= 4 is 12.2 Å². The number of allylic oxidation sites excluding steroid dienone is 2. The Balaban J connectivity index is 0.000000214. The van der Waals surface area contributed by atoms with Crippen molar-refractivity contribution in [2.24, 2.45) is 0 Å².